The first-order valence-corrected chi connectivity index (χ1v) is 6.65. The lowest BCUT2D eigenvalue weighted by atomic mass is 10.2. The second-order valence-corrected chi connectivity index (χ2v) is 4.56. The highest BCUT2D eigenvalue weighted by Gasteiger charge is 2.05. The number of anilines is 2. The van der Waals surface area contributed by atoms with Crippen LogP contribution in [0.1, 0.15) is 17.3 Å². The molecule has 0 unspecified atom stereocenters. The zero-order chi connectivity index (χ0) is 14.5. The van der Waals surface area contributed by atoms with E-state index in [-0.39, 0.29) is 5.97 Å². The molecule has 0 aliphatic carbocycles. The highest BCUT2D eigenvalue weighted by Crippen LogP contribution is 2.14. The second-order valence-electron chi connectivity index (χ2n) is 3.77. The Morgan fingerprint density at radius 1 is 1.30 bits per heavy atom. The summed E-state index contributed by atoms with van der Waals surface area (Å²) in [6.07, 6.45) is 0. The maximum Gasteiger partial charge on any atom is 0.338 e. The SMILES string of the molecule is CCOC(=O)c1ccc(Nc2nc(=S)[nH]c(=S)[nH]2)cc1. The molecule has 104 valence electrons. The van der Waals surface area contributed by atoms with Crippen molar-refractivity contribution >= 4 is 42.0 Å². The third kappa shape index (κ3) is 3.72. The Balaban J connectivity index is 2.16. The molecule has 0 saturated heterocycles. The van der Waals surface area contributed by atoms with Gasteiger partial charge in [-0.05, 0) is 55.6 Å². The molecule has 8 heteroatoms. The third-order valence-electron chi connectivity index (χ3n) is 2.32. The Kier molecular flexibility index (Phi) is 4.59. The van der Waals surface area contributed by atoms with Gasteiger partial charge in [-0.3, -0.25) is 0 Å². The predicted molar refractivity (Wildman–Crippen MR) is 80.3 cm³/mol. The predicted octanol–water partition coefficient (Wildman–Crippen LogP) is 3.12. The van der Waals surface area contributed by atoms with E-state index in [9.17, 15) is 4.79 Å². The van der Waals surface area contributed by atoms with Gasteiger partial charge in [0.2, 0.25) is 10.7 Å². The van der Waals surface area contributed by atoms with E-state index in [2.05, 4.69) is 20.3 Å². The molecular weight excluding hydrogens is 296 g/mol. The van der Waals surface area contributed by atoms with E-state index in [0.29, 0.717) is 27.7 Å². The number of ether oxygens (including phenoxy) is 1. The van der Waals surface area contributed by atoms with E-state index in [1.165, 1.54) is 0 Å². The smallest absolute Gasteiger partial charge is 0.338 e. The van der Waals surface area contributed by atoms with Gasteiger partial charge < -0.3 is 20.0 Å². The molecule has 6 nitrogen and oxygen atoms in total. The van der Waals surface area contributed by atoms with Crippen LogP contribution in [0.5, 0.6) is 0 Å². The van der Waals surface area contributed by atoms with Crippen LogP contribution in [0.3, 0.4) is 0 Å². The fourth-order valence-corrected chi connectivity index (χ4v) is 1.94. The minimum atomic E-state index is -0.348. The summed E-state index contributed by atoms with van der Waals surface area (Å²) >= 11 is 9.90. The maximum absolute atomic E-state index is 11.5. The molecule has 0 bridgehead atoms. The Hall–Kier alpha value is -2.06. The molecule has 1 heterocycles. The fourth-order valence-electron chi connectivity index (χ4n) is 1.49. The molecule has 1 aromatic carbocycles. The van der Waals surface area contributed by atoms with Crippen molar-refractivity contribution in [3.8, 4) is 0 Å². The summed E-state index contributed by atoms with van der Waals surface area (Å²) in [6, 6.07) is 6.81. The Labute approximate surface area is 125 Å². The van der Waals surface area contributed by atoms with Crippen LogP contribution in [0, 0.1) is 9.54 Å². The molecule has 0 radical (unpaired) electrons. The van der Waals surface area contributed by atoms with E-state index in [0.717, 1.165) is 5.69 Å². The van der Waals surface area contributed by atoms with Gasteiger partial charge in [0.05, 0.1) is 12.2 Å². The Bertz CT molecular complexity index is 693. The number of esters is 1. The van der Waals surface area contributed by atoms with Gasteiger partial charge in [-0.15, -0.1) is 0 Å². The molecule has 0 fully saturated rings. The minimum absolute atomic E-state index is 0.291. The lowest BCUT2D eigenvalue weighted by Crippen LogP contribution is -2.04. The molecular formula is C12H12N4O2S2. The Morgan fingerprint density at radius 3 is 2.60 bits per heavy atom. The van der Waals surface area contributed by atoms with Gasteiger partial charge in [-0.1, -0.05) is 0 Å². The van der Waals surface area contributed by atoms with Gasteiger partial charge in [0.1, 0.15) is 0 Å². The number of aromatic amines is 2. The highest BCUT2D eigenvalue weighted by atomic mass is 32.1. The number of aromatic nitrogens is 3. The van der Waals surface area contributed by atoms with Crippen LogP contribution in [-0.2, 0) is 4.74 Å². The largest absolute Gasteiger partial charge is 0.462 e. The van der Waals surface area contributed by atoms with Crippen molar-refractivity contribution in [1.82, 2.24) is 15.0 Å². The summed E-state index contributed by atoms with van der Waals surface area (Å²) in [5.74, 6) is 0.0846. The van der Waals surface area contributed by atoms with E-state index in [1.54, 1.807) is 31.2 Å². The number of nitrogens with zero attached hydrogens (tertiary/aromatic N) is 1. The van der Waals surface area contributed by atoms with Crippen molar-refractivity contribution < 1.29 is 9.53 Å². The van der Waals surface area contributed by atoms with Crippen molar-refractivity contribution in [1.29, 1.82) is 0 Å². The summed E-state index contributed by atoms with van der Waals surface area (Å²) in [5, 5.41) is 3.01. The number of rotatable bonds is 4. The van der Waals surface area contributed by atoms with E-state index in [1.807, 2.05) is 0 Å². The van der Waals surface area contributed by atoms with Gasteiger partial charge in [-0.25, -0.2) is 4.79 Å². The number of benzene rings is 1. The summed E-state index contributed by atoms with van der Waals surface area (Å²) in [4.78, 5) is 21.1. The topological polar surface area (TPSA) is 82.8 Å². The van der Waals surface area contributed by atoms with Gasteiger partial charge in [0.15, 0.2) is 4.77 Å². The number of nitrogens with one attached hydrogen (secondary N) is 3. The lowest BCUT2D eigenvalue weighted by Gasteiger charge is -2.06. The standard InChI is InChI=1S/C12H12N4O2S2/c1-2-18-9(17)7-3-5-8(6-4-7)13-10-14-11(19)16-12(20)15-10/h3-6H,2H2,1H3,(H3,13,14,15,16,19,20). The molecule has 2 aromatic rings. The first-order chi connectivity index (χ1) is 9.58. The molecule has 0 spiro atoms. The lowest BCUT2D eigenvalue weighted by molar-refractivity contribution is 0.0526. The highest BCUT2D eigenvalue weighted by molar-refractivity contribution is 7.71. The molecule has 3 N–H and O–H groups in total. The number of H-pyrrole nitrogens is 2. The van der Waals surface area contributed by atoms with E-state index < -0.39 is 0 Å². The normalized spacial score (nSPS) is 10.1. The average molecular weight is 308 g/mol. The van der Waals surface area contributed by atoms with Crippen molar-refractivity contribution in [2.24, 2.45) is 0 Å². The van der Waals surface area contributed by atoms with Crippen LogP contribution in [-0.4, -0.2) is 27.5 Å². The van der Waals surface area contributed by atoms with Crippen LogP contribution in [0.2, 0.25) is 0 Å². The maximum atomic E-state index is 11.5. The summed E-state index contributed by atoms with van der Waals surface area (Å²) in [5.41, 5.74) is 1.24. The van der Waals surface area contributed by atoms with Gasteiger partial charge in [-0.2, -0.15) is 4.98 Å². The fraction of sp³-hybridized carbons (Fsp3) is 0.167. The van der Waals surface area contributed by atoms with Crippen molar-refractivity contribution in [3.63, 3.8) is 0 Å². The number of carbonyl (C=O) groups excluding carboxylic acids is 1. The van der Waals surface area contributed by atoms with Crippen LogP contribution >= 0.6 is 24.4 Å². The summed E-state index contributed by atoms with van der Waals surface area (Å²) in [7, 11) is 0. The summed E-state index contributed by atoms with van der Waals surface area (Å²) in [6.45, 7) is 2.11. The quantitative estimate of drug-likeness (QED) is 0.594. The molecule has 20 heavy (non-hydrogen) atoms. The number of carbonyl (C=O) groups is 1. The van der Waals surface area contributed by atoms with E-state index in [4.69, 9.17) is 29.2 Å². The minimum Gasteiger partial charge on any atom is -0.462 e. The second kappa shape index (κ2) is 6.40. The molecule has 0 amide bonds. The van der Waals surface area contributed by atoms with Crippen molar-refractivity contribution in [2.45, 2.75) is 6.92 Å². The molecule has 2 rings (SSSR count). The van der Waals surface area contributed by atoms with Crippen molar-refractivity contribution in [2.75, 3.05) is 11.9 Å². The average Bonchev–Trinajstić information content (AvgIpc) is 2.38. The molecule has 0 aliphatic rings. The van der Waals surface area contributed by atoms with Crippen LogP contribution in [0.4, 0.5) is 11.6 Å². The van der Waals surface area contributed by atoms with Gasteiger partial charge in [0, 0.05) is 5.69 Å². The van der Waals surface area contributed by atoms with Crippen LogP contribution in [0.25, 0.3) is 0 Å². The monoisotopic (exact) mass is 308 g/mol. The molecule has 1 aromatic heterocycles. The van der Waals surface area contributed by atoms with Gasteiger partial charge >= 0.3 is 5.97 Å². The first kappa shape index (κ1) is 14.4. The van der Waals surface area contributed by atoms with Crippen LogP contribution < -0.4 is 5.32 Å². The van der Waals surface area contributed by atoms with Gasteiger partial charge in [0.25, 0.3) is 0 Å². The number of hydrogen-bond donors (Lipinski definition) is 3. The molecule has 0 saturated carbocycles. The molecule has 0 aliphatic heterocycles. The van der Waals surface area contributed by atoms with Crippen LogP contribution in [0.15, 0.2) is 24.3 Å². The first-order valence-electron chi connectivity index (χ1n) is 5.83. The van der Waals surface area contributed by atoms with E-state index >= 15 is 0 Å². The Morgan fingerprint density at radius 2 is 2.00 bits per heavy atom. The summed E-state index contributed by atoms with van der Waals surface area (Å²) < 4.78 is 5.58. The third-order valence-corrected chi connectivity index (χ3v) is 2.72. The van der Waals surface area contributed by atoms with Crippen molar-refractivity contribution in [3.05, 3.63) is 39.4 Å². The zero-order valence-electron chi connectivity index (χ0n) is 10.6. The molecule has 0 atom stereocenters. The zero-order valence-corrected chi connectivity index (χ0v) is 12.2. The number of hydrogen-bond acceptors (Lipinski definition) is 6.